The molecule has 1 aromatic heterocycles. The van der Waals surface area contributed by atoms with Crippen molar-refractivity contribution < 1.29 is 0 Å². The normalized spacial score (nSPS) is 20.9. The van der Waals surface area contributed by atoms with E-state index in [2.05, 4.69) is 61.7 Å². The molecular formula is C23H27ClN6. The number of rotatable bonds is 6. The highest BCUT2D eigenvalue weighted by Crippen LogP contribution is 2.32. The number of nitrogens with zero attached hydrogens (tertiary/aromatic N) is 6. The Kier molecular flexibility index (Phi) is 5.79. The summed E-state index contributed by atoms with van der Waals surface area (Å²) in [5.41, 5.74) is 2.49. The van der Waals surface area contributed by atoms with Crippen LogP contribution in [0.4, 0.5) is 0 Å². The summed E-state index contributed by atoms with van der Waals surface area (Å²) in [5.74, 6) is 0.916. The minimum Gasteiger partial charge on any atom is -0.298 e. The van der Waals surface area contributed by atoms with Crippen LogP contribution in [0, 0.1) is 0 Å². The fourth-order valence-electron chi connectivity index (χ4n) is 4.86. The summed E-state index contributed by atoms with van der Waals surface area (Å²) < 4.78 is 1.98. The Balaban J connectivity index is 1.43. The first kappa shape index (κ1) is 19.7. The van der Waals surface area contributed by atoms with Gasteiger partial charge in [0.25, 0.3) is 0 Å². The van der Waals surface area contributed by atoms with Gasteiger partial charge in [0.2, 0.25) is 0 Å². The van der Waals surface area contributed by atoms with E-state index in [1.807, 2.05) is 22.9 Å². The van der Waals surface area contributed by atoms with Gasteiger partial charge in [-0.15, -0.1) is 5.10 Å². The number of benzene rings is 2. The highest BCUT2D eigenvalue weighted by atomic mass is 35.5. The molecule has 0 N–H and O–H groups in total. The van der Waals surface area contributed by atoms with Crippen LogP contribution in [0.15, 0.2) is 54.6 Å². The van der Waals surface area contributed by atoms with E-state index in [4.69, 9.17) is 11.6 Å². The zero-order valence-electron chi connectivity index (χ0n) is 17.1. The van der Waals surface area contributed by atoms with Gasteiger partial charge in [0, 0.05) is 37.2 Å². The van der Waals surface area contributed by atoms with Crippen LogP contribution in [0.25, 0.3) is 0 Å². The van der Waals surface area contributed by atoms with E-state index in [0.717, 1.165) is 43.4 Å². The summed E-state index contributed by atoms with van der Waals surface area (Å²) in [4.78, 5) is 5.19. The van der Waals surface area contributed by atoms with Gasteiger partial charge in [0.05, 0.1) is 6.04 Å². The molecule has 0 bridgehead atoms. The van der Waals surface area contributed by atoms with E-state index in [9.17, 15) is 0 Å². The third-order valence-electron chi connectivity index (χ3n) is 6.43. The fraction of sp³-hybridized carbons (Fsp3) is 0.435. The summed E-state index contributed by atoms with van der Waals surface area (Å²) in [5, 5.41) is 13.7. The topological polar surface area (TPSA) is 50.1 Å². The maximum atomic E-state index is 6.18. The van der Waals surface area contributed by atoms with E-state index in [0.29, 0.717) is 6.04 Å². The van der Waals surface area contributed by atoms with Crippen molar-refractivity contribution in [3.63, 3.8) is 0 Å². The molecule has 6 nitrogen and oxygen atoms in total. The third kappa shape index (κ3) is 4.13. The molecule has 0 amide bonds. The number of halogens is 1. The second-order valence-corrected chi connectivity index (χ2v) is 8.71. The molecule has 2 aliphatic heterocycles. The summed E-state index contributed by atoms with van der Waals surface area (Å²) in [6.07, 6.45) is 3.49. The SMILES string of the molecule is Clc1ccc([C@@H](c2nnnn2CCc2ccccc2)N2CCN3CCC[C@@H]3C2)cc1. The predicted molar refractivity (Wildman–Crippen MR) is 117 cm³/mol. The van der Waals surface area contributed by atoms with Gasteiger partial charge in [-0.05, 0) is 59.5 Å². The van der Waals surface area contributed by atoms with Crippen LogP contribution >= 0.6 is 11.6 Å². The van der Waals surface area contributed by atoms with Crippen molar-refractivity contribution in [2.45, 2.75) is 37.9 Å². The molecular weight excluding hydrogens is 396 g/mol. The van der Waals surface area contributed by atoms with E-state index in [1.165, 1.54) is 30.5 Å². The van der Waals surface area contributed by atoms with E-state index >= 15 is 0 Å². The van der Waals surface area contributed by atoms with Gasteiger partial charge in [0.15, 0.2) is 5.82 Å². The van der Waals surface area contributed by atoms with Crippen LogP contribution in [-0.2, 0) is 13.0 Å². The zero-order chi connectivity index (χ0) is 20.3. The summed E-state index contributed by atoms with van der Waals surface area (Å²) in [6.45, 7) is 5.19. The second kappa shape index (κ2) is 8.84. The molecule has 7 heteroatoms. The number of aryl methyl sites for hydroxylation is 2. The minimum absolute atomic E-state index is 0.0378. The highest BCUT2D eigenvalue weighted by Gasteiger charge is 2.36. The van der Waals surface area contributed by atoms with Crippen molar-refractivity contribution in [1.29, 1.82) is 0 Å². The molecule has 0 spiro atoms. The van der Waals surface area contributed by atoms with Crippen molar-refractivity contribution >= 4 is 11.6 Å². The molecule has 156 valence electrons. The molecule has 30 heavy (non-hydrogen) atoms. The lowest BCUT2D eigenvalue weighted by molar-refractivity contribution is 0.0792. The van der Waals surface area contributed by atoms with Crippen LogP contribution in [0.2, 0.25) is 5.02 Å². The third-order valence-corrected chi connectivity index (χ3v) is 6.68. The Morgan fingerprint density at radius 3 is 2.67 bits per heavy atom. The first-order valence-corrected chi connectivity index (χ1v) is 11.2. The number of hydrogen-bond donors (Lipinski definition) is 0. The Labute approximate surface area is 182 Å². The lowest BCUT2D eigenvalue weighted by atomic mass is 10.0. The summed E-state index contributed by atoms with van der Waals surface area (Å²) in [6, 6.07) is 19.3. The maximum Gasteiger partial charge on any atom is 0.173 e. The van der Waals surface area contributed by atoms with Crippen molar-refractivity contribution in [2.24, 2.45) is 0 Å². The fourth-order valence-corrected chi connectivity index (χ4v) is 4.99. The predicted octanol–water partition coefficient (Wildman–Crippen LogP) is 3.44. The monoisotopic (exact) mass is 422 g/mol. The number of piperazine rings is 1. The highest BCUT2D eigenvalue weighted by molar-refractivity contribution is 6.30. The Morgan fingerprint density at radius 1 is 1.00 bits per heavy atom. The average molecular weight is 423 g/mol. The average Bonchev–Trinajstić information content (AvgIpc) is 3.44. The molecule has 3 heterocycles. The minimum atomic E-state index is 0.0378. The van der Waals surface area contributed by atoms with Crippen molar-refractivity contribution in [3.8, 4) is 0 Å². The first-order chi connectivity index (χ1) is 14.8. The molecule has 0 radical (unpaired) electrons. The van der Waals surface area contributed by atoms with Crippen LogP contribution < -0.4 is 0 Å². The maximum absolute atomic E-state index is 6.18. The molecule has 0 aliphatic carbocycles. The van der Waals surface area contributed by atoms with Crippen molar-refractivity contribution in [1.82, 2.24) is 30.0 Å². The largest absolute Gasteiger partial charge is 0.298 e. The summed E-state index contributed by atoms with van der Waals surface area (Å²) in [7, 11) is 0. The molecule has 3 aromatic rings. The lowest BCUT2D eigenvalue weighted by Gasteiger charge is -2.41. The van der Waals surface area contributed by atoms with Gasteiger partial charge < -0.3 is 0 Å². The zero-order valence-corrected chi connectivity index (χ0v) is 17.8. The Morgan fingerprint density at radius 2 is 1.83 bits per heavy atom. The number of tetrazole rings is 1. The number of fused-ring (bicyclic) bond motifs is 1. The van der Waals surface area contributed by atoms with Crippen LogP contribution in [-0.4, -0.2) is 62.2 Å². The molecule has 2 atom stereocenters. The molecule has 2 fully saturated rings. The van der Waals surface area contributed by atoms with Gasteiger partial charge in [-0.25, -0.2) is 4.68 Å². The van der Waals surface area contributed by atoms with Crippen LogP contribution in [0.5, 0.6) is 0 Å². The van der Waals surface area contributed by atoms with Gasteiger partial charge in [0.1, 0.15) is 0 Å². The molecule has 0 saturated carbocycles. The van der Waals surface area contributed by atoms with Crippen molar-refractivity contribution in [2.75, 3.05) is 26.2 Å². The molecule has 2 aromatic carbocycles. The second-order valence-electron chi connectivity index (χ2n) is 8.28. The van der Waals surface area contributed by atoms with Crippen LogP contribution in [0.1, 0.15) is 35.8 Å². The molecule has 2 aliphatic rings. The number of hydrogen-bond acceptors (Lipinski definition) is 5. The molecule has 5 rings (SSSR count). The van der Waals surface area contributed by atoms with Crippen molar-refractivity contribution in [3.05, 3.63) is 76.6 Å². The molecule has 2 saturated heterocycles. The first-order valence-electron chi connectivity index (χ1n) is 10.8. The van der Waals surface area contributed by atoms with E-state index in [-0.39, 0.29) is 6.04 Å². The summed E-state index contributed by atoms with van der Waals surface area (Å²) >= 11 is 6.18. The van der Waals surface area contributed by atoms with Gasteiger partial charge in [-0.1, -0.05) is 54.1 Å². The van der Waals surface area contributed by atoms with Crippen LogP contribution in [0.3, 0.4) is 0 Å². The number of aromatic nitrogens is 4. The Bertz CT molecular complexity index is 957. The van der Waals surface area contributed by atoms with E-state index in [1.54, 1.807) is 0 Å². The smallest absolute Gasteiger partial charge is 0.173 e. The molecule has 0 unspecified atom stereocenters. The Hall–Kier alpha value is -2.28. The van der Waals surface area contributed by atoms with Gasteiger partial charge in [-0.2, -0.15) is 0 Å². The van der Waals surface area contributed by atoms with Gasteiger partial charge in [-0.3, -0.25) is 9.80 Å². The standard InChI is InChI=1S/C23H27ClN6/c24-20-10-8-19(9-11-20)22(29-16-15-28-13-4-7-21(28)17-29)23-25-26-27-30(23)14-12-18-5-2-1-3-6-18/h1-3,5-6,8-11,21-22H,4,7,12-17H2/t21-,22+/m1/s1. The quantitative estimate of drug-likeness (QED) is 0.609. The lowest BCUT2D eigenvalue weighted by Crippen LogP contribution is -2.51. The van der Waals surface area contributed by atoms with Gasteiger partial charge >= 0.3 is 0 Å². The van der Waals surface area contributed by atoms with E-state index < -0.39 is 0 Å².